The molecule has 0 fully saturated rings. The van der Waals surface area contributed by atoms with Crippen molar-refractivity contribution < 1.29 is 4.79 Å². The second kappa shape index (κ2) is 8.20. The number of fused-ring (bicyclic) bond motifs is 1. The van der Waals surface area contributed by atoms with Gasteiger partial charge in [0.1, 0.15) is 11.6 Å². The molecule has 0 bridgehead atoms. The number of rotatable bonds is 4. The topological polar surface area (TPSA) is 56.1 Å². The highest BCUT2D eigenvalue weighted by Crippen LogP contribution is 2.39. The minimum absolute atomic E-state index is 0.0490. The van der Waals surface area contributed by atoms with Crippen molar-refractivity contribution in [2.45, 2.75) is 47.1 Å². The molecule has 2 aromatic carbocycles. The van der Waals surface area contributed by atoms with Crippen LogP contribution in [0.2, 0.25) is 0 Å². The van der Waals surface area contributed by atoms with Gasteiger partial charge in [-0.3, -0.25) is 4.79 Å². The largest absolute Gasteiger partial charge is 0.363 e. The van der Waals surface area contributed by atoms with E-state index in [9.17, 15) is 10.1 Å². The molecular weight excluding hydrogens is 370 g/mol. The van der Waals surface area contributed by atoms with E-state index in [0.717, 1.165) is 34.5 Å². The van der Waals surface area contributed by atoms with Gasteiger partial charge in [0, 0.05) is 23.5 Å². The van der Waals surface area contributed by atoms with E-state index in [2.05, 4.69) is 62.2 Å². The van der Waals surface area contributed by atoms with E-state index in [-0.39, 0.29) is 11.1 Å². The maximum atomic E-state index is 12.7. The van der Waals surface area contributed by atoms with E-state index in [1.54, 1.807) is 6.08 Å². The van der Waals surface area contributed by atoms with Crippen molar-refractivity contribution in [1.29, 1.82) is 5.26 Å². The third-order valence-corrected chi connectivity index (χ3v) is 5.85. The predicted molar refractivity (Wildman–Crippen MR) is 125 cm³/mol. The van der Waals surface area contributed by atoms with Crippen LogP contribution in [-0.4, -0.2) is 18.0 Å². The summed E-state index contributed by atoms with van der Waals surface area (Å²) >= 11 is 0. The molecule has 4 nitrogen and oxygen atoms in total. The molecule has 0 unspecified atom stereocenters. The summed E-state index contributed by atoms with van der Waals surface area (Å²) in [6.45, 7) is 13.5. The highest BCUT2D eigenvalue weighted by molar-refractivity contribution is 6.10. The maximum Gasteiger partial charge on any atom is 0.266 e. The van der Waals surface area contributed by atoms with Gasteiger partial charge in [0.05, 0.1) is 5.54 Å². The highest BCUT2D eigenvalue weighted by Gasteiger charge is 2.30. The Morgan fingerprint density at radius 1 is 1.20 bits per heavy atom. The van der Waals surface area contributed by atoms with E-state index in [0.29, 0.717) is 0 Å². The van der Waals surface area contributed by atoms with Crippen LogP contribution in [0.4, 0.5) is 11.4 Å². The highest BCUT2D eigenvalue weighted by atomic mass is 16.1. The Balaban J connectivity index is 1.94. The van der Waals surface area contributed by atoms with Crippen molar-refractivity contribution in [3.8, 4) is 6.07 Å². The average Bonchev–Trinajstić information content (AvgIpc) is 2.69. The monoisotopic (exact) mass is 399 g/mol. The van der Waals surface area contributed by atoms with Crippen LogP contribution in [-0.2, 0) is 4.79 Å². The van der Waals surface area contributed by atoms with E-state index in [1.165, 1.54) is 11.3 Å². The zero-order valence-corrected chi connectivity index (χ0v) is 18.6. The molecule has 1 heterocycles. The van der Waals surface area contributed by atoms with Crippen molar-refractivity contribution in [2.24, 2.45) is 0 Å². The number of anilines is 2. The summed E-state index contributed by atoms with van der Waals surface area (Å²) in [7, 11) is 0. The van der Waals surface area contributed by atoms with Crippen molar-refractivity contribution >= 4 is 28.9 Å². The molecule has 0 atom stereocenters. The Bertz CT molecular complexity index is 1100. The number of hydrogen-bond donors (Lipinski definition) is 1. The Morgan fingerprint density at radius 3 is 2.60 bits per heavy atom. The molecule has 0 saturated carbocycles. The van der Waals surface area contributed by atoms with Crippen LogP contribution in [0.25, 0.3) is 11.6 Å². The first-order valence-electron chi connectivity index (χ1n) is 10.3. The molecule has 0 aliphatic carbocycles. The fraction of sp³-hybridized carbons (Fsp3) is 0.308. The fourth-order valence-electron chi connectivity index (χ4n) is 4.16. The Labute approximate surface area is 179 Å². The van der Waals surface area contributed by atoms with Crippen LogP contribution in [0.1, 0.15) is 49.9 Å². The second-order valence-electron chi connectivity index (χ2n) is 8.37. The quantitative estimate of drug-likeness (QED) is 0.517. The number of nitrogens with zero attached hydrogens (tertiary/aromatic N) is 2. The summed E-state index contributed by atoms with van der Waals surface area (Å²) in [5.41, 5.74) is 7.21. The van der Waals surface area contributed by atoms with Crippen molar-refractivity contribution in [1.82, 2.24) is 0 Å². The molecule has 1 amide bonds. The molecule has 154 valence electrons. The van der Waals surface area contributed by atoms with Gasteiger partial charge in [-0.1, -0.05) is 24.3 Å². The first kappa shape index (κ1) is 21.4. The molecule has 1 aliphatic heterocycles. The van der Waals surface area contributed by atoms with Gasteiger partial charge in [-0.05, 0) is 88.1 Å². The van der Waals surface area contributed by atoms with Gasteiger partial charge in [0.15, 0.2) is 0 Å². The lowest BCUT2D eigenvalue weighted by Gasteiger charge is -2.42. The molecule has 0 saturated heterocycles. The van der Waals surface area contributed by atoms with Crippen molar-refractivity contribution in [2.75, 3.05) is 16.8 Å². The zero-order valence-electron chi connectivity index (χ0n) is 18.6. The van der Waals surface area contributed by atoms with Gasteiger partial charge in [-0.15, -0.1) is 0 Å². The lowest BCUT2D eigenvalue weighted by molar-refractivity contribution is -0.112. The number of nitrogens with one attached hydrogen (secondary N) is 1. The zero-order chi connectivity index (χ0) is 22.1. The molecule has 4 heteroatoms. The van der Waals surface area contributed by atoms with Gasteiger partial charge >= 0.3 is 0 Å². The van der Waals surface area contributed by atoms with Crippen LogP contribution in [0, 0.1) is 25.2 Å². The van der Waals surface area contributed by atoms with E-state index >= 15 is 0 Å². The van der Waals surface area contributed by atoms with E-state index in [1.807, 2.05) is 38.1 Å². The summed E-state index contributed by atoms with van der Waals surface area (Å²) in [5.74, 6) is -0.396. The molecule has 1 N–H and O–H groups in total. The Morgan fingerprint density at radius 2 is 1.93 bits per heavy atom. The molecule has 3 rings (SSSR count). The number of nitriles is 1. The SMILES string of the molecule is CCN1c2ccc(/C=C(/C#N)C(=O)Nc3cccc(C)c3C)cc2C(C)=CC1(C)C. The van der Waals surface area contributed by atoms with Crippen molar-refractivity contribution in [3.05, 3.63) is 70.3 Å². The molecular formula is C26H29N3O. The van der Waals surface area contributed by atoms with Crippen LogP contribution < -0.4 is 10.2 Å². The molecule has 0 aromatic heterocycles. The number of likely N-dealkylation sites (N-methyl/N-ethyl adjacent to an activating group) is 1. The summed E-state index contributed by atoms with van der Waals surface area (Å²) in [6, 6.07) is 13.9. The van der Waals surface area contributed by atoms with Gasteiger partial charge < -0.3 is 10.2 Å². The normalized spacial score (nSPS) is 15.2. The third-order valence-electron chi connectivity index (χ3n) is 5.85. The lowest BCUT2D eigenvalue weighted by Crippen LogP contribution is -2.44. The molecule has 30 heavy (non-hydrogen) atoms. The standard InChI is InChI=1S/C26H29N3O/c1-7-29-24-12-11-20(14-22(24)18(3)15-26(29,5)6)13-21(16-27)25(30)28-23-10-8-9-17(2)19(23)4/h8-15H,7H2,1-6H3,(H,28,30)/b21-13-. The van der Waals surface area contributed by atoms with E-state index < -0.39 is 5.91 Å². The predicted octanol–water partition coefficient (Wildman–Crippen LogP) is 5.87. The van der Waals surface area contributed by atoms with Gasteiger partial charge in [0.25, 0.3) is 5.91 Å². The summed E-state index contributed by atoms with van der Waals surface area (Å²) < 4.78 is 0. The number of carbonyl (C=O) groups excluding carboxylic acids is 1. The number of hydrogen-bond acceptors (Lipinski definition) is 3. The van der Waals surface area contributed by atoms with Gasteiger partial charge in [0.2, 0.25) is 0 Å². The van der Waals surface area contributed by atoms with E-state index in [4.69, 9.17) is 0 Å². The number of aryl methyl sites for hydroxylation is 1. The van der Waals surface area contributed by atoms with Crippen molar-refractivity contribution in [3.63, 3.8) is 0 Å². The average molecular weight is 400 g/mol. The molecule has 1 aliphatic rings. The third kappa shape index (κ3) is 4.02. The number of benzene rings is 2. The van der Waals surface area contributed by atoms with Crippen LogP contribution in [0.3, 0.4) is 0 Å². The summed E-state index contributed by atoms with van der Waals surface area (Å²) in [4.78, 5) is 15.1. The molecule has 0 radical (unpaired) electrons. The van der Waals surface area contributed by atoms with Crippen LogP contribution in [0.5, 0.6) is 0 Å². The Hall–Kier alpha value is -3.32. The second-order valence-corrected chi connectivity index (χ2v) is 8.37. The Kier molecular flexibility index (Phi) is 5.85. The fourth-order valence-corrected chi connectivity index (χ4v) is 4.16. The van der Waals surface area contributed by atoms with Gasteiger partial charge in [-0.2, -0.15) is 5.26 Å². The van der Waals surface area contributed by atoms with Crippen LogP contribution >= 0.6 is 0 Å². The summed E-state index contributed by atoms with van der Waals surface area (Å²) in [6.07, 6.45) is 3.93. The minimum Gasteiger partial charge on any atom is -0.363 e. The molecule has 0 spiro atoms. The van der Waals surface area contributed by atoms with Gasteiger partial charge in [-0.25, -0.2) is 0 Å². The lowest BCUT2D eigenvalue weighted by atomic mass is 9.88. The first-order chi connectivity index (χ1) is 14.2. The number of allylic oxidation sites excluding steroid dienone is 1. The number of carbonyl (C=O) groups is 1. The molecule has 2 aromatic rings. The minimum atomic E-state index is -0.396. The number of amides is 1. The summed E-state index contributed by atoms with van der Waals surface area (Å²) in [5, 5.41) is 12.5. The first-order valence-corrected chi connectivity index (χ1v) is 10.3. The smallest absolute Gasteiger partial charge is 0.266 e. The maximum absolute atomic E-state index is 12.7. The van der Waals surface area contributed by atoms with Crippen LogP contribution in [0.15, 0.2) is 48.0 Å².